The molecule has 0 spiro atoms. The summed E-state index contributed by atoms with van der Waals surface area (Å²) in [5, 5.41) is 9.55. The van der Waals surface area contributed by atoms with Crippen LogP contribution in [0.3, 0.4) is 0 Å². The average molecular weight is 329 g/mol. The maximum Gasteiger partial charge on any atom is 0.411 e. The molecule has 8 heteroatoms. The van der Waals surface area contributed by atoms with E-state index in [0.717, 1.165) is 0 Å². The number of aliphatic hydroxyl groups excluding tert-OH is 1. The number of hydrogen-bond donors (Lipinski definition) is 1. The van der Waals surface area contributed by atoms with Crippen molar-refractivity contribution in [2.75, 3.05) is 33.4 Å². The third-order valence-electron chi connectivity index (χ3n) is 2.44. The van der Waals surface area contributed by atoms with Gasteiger partial charge in [0, 0.05) is 13.0 Å². The van der Waals surface area contributed by atoms with E-state index in [1.54, 1.807) is 32.7 Å². The molecule has 0 bridgehead atoms. The van der Waals surface area contributed by atoms with E-state index in [0.29, 0.717) is 13.0 Å². The Bertz CT molecular complexity index is 329. The molecule has 0 aliphatic rings. The zero-order valence-electron chi connectivity index (χ0n) is 13.6. The van der Waals surface area contributed by atoms with Crippen molar-refractivity contribution >= 4 is 5.97 Å². The Morgan fingerprint density at radius 1 is 1.27 bits per heavy atom. The molecular formula is C14H26F3NO4. The normalized spacial score (nSPS) is 14.2. The van der Waals surface area contributed by atoms with Gasteiger partial charge in [-0.3, -0.25) is 4.79 Å². The van der Waals surface area contributed by atoms with Crippen LogP contribution in [-0.2, 0) is 14.3 Å². The first kappa shape index (κ1) is 21.1. The maximum absolute atomic E-state index is 11.9. The van der Waals surface area contributed by atoms with Gasteiger partial charge in [-0.2, -0.15) is 13.2 Å². The Labute approximate surface area is 129 Å². The number of nitrogens with zero attached hydrogens (tertiary/aromatic N) is 1. The molecule has 0 aliphatic heterocycles. The first-order chi connectivity index (χ1) is 9.89. The van der Waals surface area contributed by atoms with Gasteiger partial charge in [0.1, 0.15) is 12.2 Å². The number of ether oxygens (including phenoxy) is 2. The number of halogens is 3. The third kappa shape index (κ3) is 14.1. The number of rotatable bonds is 9. The van der Waals surface area contributed by atoms with Crippen molar-refractivity contribution < 1.29 is 32.5 Å². The molecular weight excluding hydrogens is 303 g/mol. The van der Waals surface area contributed by atoms with Gasteiger partial charge < -0.3 is 19.5 Å². The van der Waals surface area contributed by atoms with Crippen molar-refractivity contribution in [1.29, 1.82) is 0 Å². The molecule has 0 saturated heterocycles. The quantitative estimate of drug-likeness (QED) is 0.656. The number of alkyl halides is 3. The SMILES string of the molecule is CN(CCCC(=O)OC(C)(C)C)C[C@H](O)COCC(F)(F)F. The molecule has 0 rings (SSSR count). The second-order valence-electron chi connectivity index (χ2n) is 6.24. The molecule has 132 valence electrons. The van der Waals surface area contributed by atoms with E-state index in [-0.39, 0.29) is 25.5 Å². The van der Waals surface area contributed by atoms with Crippen LogP contribution in [0.25, 0.3) is 0 Å². The third-order valence-corrected chi connectivity index (χ3v) is 2.44. The fraction of sp³-hybridized carbons (Fsp3) is 0.929. The van der Waals surface area contributed by atoms with E-state index in [9.17, 15) is 23.1 Å². The van der Waals surface area contributed by atoms with Crippen LogP contribution in [0.4, 0.5) is 13.2 Å². The fourth-order valence-electron chi connectivity index (χ4n) is 1.70. The molecule has 0 heterocycles. The lowest BCUT2D eigenvalue weighted by Gasteiger charge is -2.22. The predicted octanol–water partition coefficient (Wildman–Crippen LogP) is 1.98. The summed E-state index contributed by atoms with van der Waals surface area (Å²) in [5.74, 6) is -0.296. The number of carbonyl (C=O) groups is 1. The minimum Gasteiger partial charge on any atom is -0.460 e. The van der Waals surface area contributed by atoms with E-state index < -0.39 is 24.5 Å². The van der Waals surface area contributed by atoms with Crippen LogP contribution in [-0.4, -0.2) is 67.2 Å². The van der Waals surface area contributed by atoms with Gasteiger partial charge in [-0.1, -0.05) is 0 Å². The predicted molar refractivity (Wildman–Crippen MR) is 75.5 cm³/mol. The summed E-state index contributed by atoms with van der Waals surface area (Å²) in [6, 6.07) is 0. The number of likely N-dealkylation sites (N-methyl/N-ethyl adjacent to an activating group) is 1. The van der Waals surface area contributed by atoms with Gasteiger partial charge in [-0.05, 0) is 40.8 Å². The summed E-state index contributed by atoms with van der Waals surface area (Å²) in [5.41, 5.74) is -0.519. The summed E-state index contributed by atoms with van der Waals surface area (Å²) < 4.78 is 45.1. The topological polar surface area (TPSA) is 59.0 Å². The summed E-state index contributed by atoms with van der Waals surface area (Å²) in [7, 11) is 1.71. The molecule has 0 aromatic heterocycles. The lowest BCUT2D eigenvalue weighted by atomic mass is 10.2. The van der Waals surface area contributed by atoms with Crippen molar-refractivity contribution in [3.05, 3.63) is 0 Å². The summed E-state index contributed by atoms with van der Waals surface area (Å²) >= 11 is 0. The second kappa shape index (κ2) is 9.32. The van der Waals surface area contributed by atoms with Crippen LogP contribution >= 0.6 is 0 Å². The highest BCUT2D eigenvalue weighted by Crippen LogP contribution is 2.14. The van der Waals surface area contributed by atoms with Crippen LogP contribution < -0.4 is 0 Å². The number of hydrogen-bond acceptors (Lipinski definition) is 5. The van der Waals surface area contributed by atoms with Crippen molar-refractivity contribution in [2.24, 2.45) is 0 Å². The van der Waals surface area contributed by atoms with E-state index in [1.165, 1.54) is 0 Å². The van der Waals surface area contributed by atoms with Gasteiger partial charge in [-0.25, -0.2) is 0 Å². The van der Waals surface area contributed by atoms with Crippen molar-refractivity contribution in [2.45, 2.75) is 51.5 Å². The van der Waals surface area contributed by atoms with Crippen molar-refractivity contribution in [1.82, 2.24) is 4.90 Å². The molecule has 0 aromatic carbocycles. The minimum absolute atomic E-state index is 0.173. The van der Waals surface area contributed by atoms with Crippen LogP contribution in [0.15, 0.2) is 0 Å². The molecule has 5 nitrogen and oxygen atoms in total. The van der Waals surface area contributed by atoms with E-state index >= 15 is 0 Å². The molecule has 1 atom stereocenters. The Morgan fingerprint density at radius 3 is 2.36 bits per heavy atom. The lowest BCUT2D eigenvalue weighted by Crippen LogP contribution is -2.34. The Morgan fingerprint density at radius 2 is 1.86 bits per heavy atom. The van der Waals surface area contributed by atoms with Crippen LogP contribution in [0.5, 0.6) is 0 Å². The Balaban J connectivity index is 3.76. The molecule has 22 heavy (non-hydrogen) atoms. The van der Waals surface area contributed by atoms with Gasteiger partial charge in [0.25, 0.3) is 0 Å². The molecule has 0 fully saturated rings. The molecule has 0 saturated carbocycles. The number of esters is 1. The lowest BCUT2D eigenvalue weighted by molar-refractivity contribution is -0.179. The van der Waals surface area contributed by atoms with Crippen molar-refractivity contribution in [3.8, 4) is 0 Å². The molecule has 0 unspecified atom stereocenters. The minimum atomic E-state index is -4.39. The van der Waals surface area contributed by atoms with Gasteiger partial charge in [0.05, 0.1) is 12.7 Å². The van der Waals surface area contributed by atoms with E-state index in [2.05, 4.69) is 4.74 Å². The van der Waals surface area contributed by atoms with Crippen LogP contribution in [0.2, 0.25) is 0 Å². The largest absolute Gasteiger partial charge is 0.460 e. The highest BCUT2D eigenvalue weighted by molar-refractivity contribution is 5.69. The fourth-order valence-corrected chi connectivity index (χ4v) is 1.70. The highest BCUT2D eigenvalue weighted by atomic mass is 19.4. The number of carbonyl (C=O) groups excluding carboxylic acids is 1. The molecule has 1 N–H and O–H groups in total. The molecule has 0 aromatic rings. The van der Waals surface area contributed by atoms with Gasteiger partial charge in [0.2, 0.25) is 0 Å². The summed E-state index contributed by atoms with van der Waals surface area (Å²) in [6.45, 7) is 4.31. The zero-order chi connectivity index (χ0) is 17.4. The van der Waals surface area contributed by atoms with Crippen molar-refractivity contribution in [3.63, 3.8) is 0 Å². The first-order valence-corrected chi connectivity index (χ1v) is 7.12. The second-order valence-corrected chi connectivity index (χ2v) is 6.24. The van der Waals surface area contributed by atoms with Gasteiger partial charge >= 0.3 is 12.1 Å². The molecule has 0 radical (unpaired) electrons. The summed E-state index contributed by atoms with van der Waals surface area (Å²) in [6.07, 6.45) is -4.60. The van der Waals surface area contributed by atoms with Gasteiger partial charge in [0.15, 0.2) is 0 Å². The Kier molecular flexibility index (Phi) is 8.95. The Hall–Kier alpha value is -0.860. The average Bonchev–Trinajstić information content (AvgIpc) is 2.23. The van der Waals surface area contributed by atoms with Crippen LogP contribution in [0.1, 0.15) is 33.6 Å². The molecule has 0 aliphatic carbocycles. The van der Waals surface area contributed by atoms with Crippen LogP contribution in [0, 0.1) is 0 Å². The molecule has 0 amide bonds. The van der Waals surface area contributed by atoms with E-state index in [1.807, 2.05) is 0 Å². The number of aliphatic hydroxyl groups is 1. The monoisotopic (exact) mass is 329 g/mol. The summed E-state index contributed by atoms with van der Waals surface area (Å²) in [4.78, 5) is 13.2. The van der Waals surface area contributed by atoms with Gasteiger partial charge in [-0.15, -0.1) is 0 Å². The zero-order valence-corrected chi connectivity index (χ0v) is 13.6. The standard InChI is InChI=1S/C14H26F3NO4/c1-13(2,3)22-12(20)6-5-7-18(4)8-11(19)9-21-10-14(15,16)17/h11,19H,5-10H2,1-4H3/t11-/m0/s1. The van der Waals surface area contributed by atoms with E-state index in [4.69, 9.17) is 4.74 Å². The first-order valence-electron chi connectivity index (χ1n) is 7.12. The smallest absolute Gasteiger partial charge is 0.411 e. The maximum atomic E-state index is 11.9. The highest BCUT2D eigenvalue weighted by Gasteiger charge is 2.27.